The van der Waals surface area contributed by atoms with Gasteiger partial charge in [-0.3, -0.25) is 4.79 Å². The normalized spacial score (nSPS) is 11.4. The molecule has 0 unspecified atom stereocenters. The summed E-state index contributed by atoms with van der Waals surface area (Å²) in [4.78, 5) is 16.3. The van der Waals surface area contributed by atoms with Crippen molar-refractivity contribution in [3.05, 3.63) is 21.9 Å². The summed E-state index contributed by atoms with van der Waals surface area (Å²) in [5.74, 6) is -0.114. The van der Waals surface area contributed by atoms with E-state index in [1.807, 2.05) is 13.8 Å². The second-order valence-corrected chi connectivity index (χ2v) is 5.41. The summed E-state index contributed by atoms with van der Waals surface area (Å²) in [6, 6.07) is 1.72. The Bertz CT molecular complexity index is 427. The van der Waals surface area contributed by atoms with Crippen LogP contribution in [0.4, 0.5) is 5.69 Å². The lowest BCUT2D eigenvalue weighted by Crippen LogP contribution is -2.41. The number of halogens is 2. The number of hydrogen-bond acceptors (Lipinski definition) is 3. The highest BCUT2D eigenvalue weighted by molar-refractivity contribution is 9.10. The number of amides is 1. The Morgan fingerprint density at radius 3 is 2.67 bits per heavy atom. The summed E-state index contributed by atoms with van der Waals surface area (Å²) in [6.45, 7) is 4.22. The van der Waals surface area contributed by atoms with Crippen LogP contribution in [0.2, 0.25) is 5.15 Å². The van der Waals surface area contributed by atoms with Crippen LogP contribution in [-0.2, 0) is 4.79 Å². The minimum atomic E-state index is -0.550. The SMILES string of the molecule is CCC(CC)(CN)C(=O)Nc1cc(Br)cnc1Cl. The standard InChI is InChI=1S/C12H17BrClN3O/c1-3-12(4-2,7-15)11(18)17-9-5-8(13)6-16-10(9)14/h5-6H,3-4,7,15H2,1-2H3,(H,17,18). The maximum atomic E-state index is 12.3. The number of carbonyl (C=O) groups is 1. The molecule has 0 spiro atoms. The maximum absolute atomic E-state index is 12.3. The fourth-order valence-corrected chi connectivity index (χ4v) is 2.20. The maximum Gasteiger partial charge on any atom is 0.231 e. The zero-order valence-corrected chi connectivity index (χ0v) is 12.8. The Balaban J connectivity index is 2.96. The number of pyridine rings is 1. The van der Waals surface area contributed by atoms with Crippen molar-refractivity contribution in [2.45, 2.75) is 26.7 Å². The van der Waals surface area contributed by atoms with Crippen LogP contribution in [0, 0.1) is 5.41 Å². The van der Waals surface area contributed by atoms with Gasteiger partial charge in [0.25, 0.3) is 0 Å². The van der Waals surface area contributed by atoms with Gasteiger partial charge in [-0.25, -0.2) is 4.98 Å². The first-order chi connectivity index (χ1) is 8.49. The molecule has 0 fully saturated rings. The Morgan fingerprint density at radius 1 is 1.56 bits per heavy atom. The van der Waals surface area contributed by atoms with Crippen molar-refractivity contribution in [1.29, 1.82) is 0 Å². The summed E-state index contributed by atoms with van der Waals surface area (Å²) in [7, 11) is 0. The largest absolute Gasteiger partial charge is 0.329 e. The second-order valence-electron chi connectivity index (χ2n) is 4.14. The topological polar surface area (TPSA) is 68.0 Å². The monoisotopic (exact) mass is 333 g/mol. The van der Waals surface area contributed by atoms with Crippen molar-refractivity contribution in [1.82, 2.24) is 4.98 Å². The second kappa shape index (κ2) is 6.50. The quantitative estimate of drug-likeness (QED) is 0.813. The third kappa shape index (κ3) is 3.22. The van der Waals surface area contributed by atoms with Crippen molar-refractivity contribution in [2.75, 3.05) is 11.9 Å². The average Bonchev–Trinajstić information content (AvgIpc) is 2.37. The van der Waals surface area contributed by atoms with E-state index in [0.717, 1.165) is 4.47 Å². The summed E-state index contributed by atoms with van der Waals surface area (Å²) >= 11 is 9.23. The van der Waals surface area contributed by atoms with Crippen LogP contribution in [0.25, 0.3) is 0 Å². The molecule has 18 heavy (non-hydrogen) atoms. The molecule has 0 aromatic carbocycles. The van der Waals surface area contributed by atoms with Gasteiger partial charge in [-0.2, -0.15) is 0 Å². The molecule has 0 bridgehead atoms. The van der Waals surface area contributed by atoms with Crippen molar-refractivity contribution in [3.63, 3.8) is 0 Å². The van der Waals surface area contributed by atoms with Crippen LogP contribution >= 0.6 is 27.5 Å². The molecule has 0 saturated heterocycles. The average molecular weight is 335 g/mol. The van der Waals surface area contributed by atoms with Crippen LogP contribution in [-0.4, -0.2) is 17.4 Å². The number of hydrogen-bond donors (Lipinski definition) is 2. The Morgan fingerprint density at radius 2 is 2.17 bits per heavy atom. The highest BCUT2D eigenvalue weighted by Gasteiger charge is 2.33. The Labute approximate surface area is 120 Å². The predicted molar refractivity (Wildman–Crippen MR) is 77.6 cm³/mol. The smallest absolute Gasteiger partial charge is 0.231 e. The third-order valence-corrected chi connectivity index (χ3v) is 4.01. The number of nitrogens with two attached hydrogens (primary N) is 1. The van der Waals surface area contributed by atoms with Gasteiger partial charge >= 0.3 is 0 Å². The molecule has 3 N–H and O–H groups in total. The molecular formula is C12H17BrClN3O. The molecule has 1 amide bonds. The van der Waals surface area contributed by atoms with Crippen molar-refractivity contribution >= 4 is 39.1 Å². The van der Waals surface area contributed by atoms with Crippen LogP contribution in [0.5, 0.6) is 0 Å². The number of anilines is 1. The fraction of sp³-hybridized carbons (Fsp3) is 0.500. The zero-order valence-electron chi connectivity index (χ0n) is 10.5. The van der Waals surface area contributed by atoms with E-state index in [1.165, 1.54) is 0 Å². The van der Waals surface area contributed by atoms with E-state index >= 15 is 0 Å². The molecule has 0 aliphatic carbocycles. The van der Waals surface area contributed by atoms with Crippen molar-refractivity contribution in [3.8, 4) is 0 Å². The van der Waals surface area contributed by atoms with Gasteiger partial charge in [0.05, 0.1) is 11.1 Å². The lowest BCUT2D eigenvalue weighted by atomic mass is 9.81. The summed E-state index contributed by atoms with van der Waals surface area (Å²) < 4.78 is 0.758. The van der Waals surface area contributed by atoms with E-state index in [0.29, 0.717) is 25.1 Å². The highest BCUT2D eigenvalue weighted by Crippen LogP contribution is 2.29. The Kier molecular flexibility index (Phi) is 5.56. The molecule has 1 rings (SSSR count). The highest BCUT2D eigenvalue weighted by atomic mass is 79.9. The van der Waals surface area contributed by atoms with Crippen molar-refractivity contribution < 1.29 is 4.79 Å². The first kappa shape index (κ1) is 15.4. The number of nitrogens with zero attached hydrogens (tertiary/aromatic N) is 1. The molecule has 0 atom stereocenters. The van der Waals surface area contributed by atoms with E-state index in [-0.39, 0.29) is 11.1 Å². The van der Waals surface area contributed by atoms with Crippen LogP contribution in [0.1, 0.15) is 26.7 Å². The van der Waals surface area contributed by atoms with Crippen LogP contribution in [0.15, 0.2) is 16.7 Å². The predicted octanol–water partition coefficient (Wildman–Crippen LogP) is 3.20. The molecule has 0 saturated carbocycles. The van der Waals surface area contributed by atoms with Gasteiger partial charge in [-0.1, -0.05) is 25.4 Å². The van der Waals surface area contributed by atoms with Gasteiger partial charge in [0.2, 0.25) is 5.91 Å². The minimum absolute atomic E-state index is 0.114. The minimum Gasteiger partial charge on any atom is -0.329 e. The summed E-state index contributed by atoms with van der Waals surface area (Å²) in [6.07, 6.45) is 2.95. The summed E-state index contributed by atoms with van der Waals surface area (Å²) in [5.41, 5.74) is 5.68. The van der Waals surface area contributed by atoms with E-state index in [9.17, 15) is 4.79 Å². The van der Waals surface area contributed by atoms with E-state index < -0.39 is 5.41 Å². The Hall–Kier alpha value is -0.650. The molecule has 1 aromatic rings. The third-order valence-electron chi connectivity index (χ3n) is 3.28. The molecule has 6 heteroatoms. The number of nitrogens with one attached hydrogen (secondary N) is 1. The molecule has 0 radical (unpaired) electrons. The van der Waals surface area contributed by atoms with E-state index in [4.69, 9.17) is 17.3 Å². The zero-order chi connectivity index (χ0) is 13.8. The van der Waals surface area contributed by atoms with Gasteiger partial charge in [-0.05, 0) is 34.8 Å². The number of rotatable bonds is 5. The number of carbonyl (C=O) groups excluding carboxylic acids is 1. The van der Waals surface area contributed by atoms with Crippen molar-refractivity contribution in [2.24, 2.45) is 11.1 Å². The fourth-order valence-electron chi connectivity index (χ4n) is 1.72. The summed E-state index contributed by atoms with van der Waals surface area (Å²) in [5, 5.41) is 3.07. The molecule has 1 heterocycles. The van der Waals surface area contributed by atoms with Crippen LogP contribution < -0.4 is 11.1 Å². The molecule has 100 valence electrons. The molecule has 0 aliphatic heterocycles. The van der Waals surface area contributed by atoms with Gasteiger partial charge < -0.3 is 11.1 Å². The lowest BCUT2D eigenvalue weighted by molar-refractivity contribution is -0.125. The molecule has 0 aliphatic rings. The van der Waals surface area contributed by atoms with Gasteiger partial charge in [0.1, 0.15) is 0 Å². The first-order valence-electron chi connectivity index (χ1n) is 5.81. The van der Waals surface area contributed by atoms with Gasteiger partial charge in [-0.15, -0.1) is 0 Å². The van der Waals surface area contributed by atoms with Gasteiger partial charge in [0.15, 0.2) is 5.15 Å². The number of aromatic nitrogens is 1. The molecule has 1 aromatic heterocycles. The van der Waals surface area contributed by atoms with Crippen LogP contribution in [0.3, 0.4) is 0 Å². The van der Waals surface area contributed by atoms with E-state index in [1.54, 1.807) is 12.3 Å². The van der Waals surface area contributed by atoms with E-state index in [2.05, 4.69) is 26.2 Å². The van der Waals surface area contributed by atoms with Gasteiger partial charge in [0, 0.05) is 17.2 Å². The molecule has 4 nitrogen and oxygen atoms in total. The first-order valence-corrected chi connectivity index (χ1v) is 6.98. The lowest BCUT2D eigenvalue weighted by Gasteiger charge is -2.28. The molecular weight excluding hydrogens is 318 g/mol.